The molecule has 3 N–H and O–H groups in total. The van der Waals surface area contributed by atoms with Gasteiger partial charge in [0.1, 0.15) is 0 Å². The third kappa shape index (κ3) is 4.67. The predicted molar refractivity (Wildman–Crippen MR) is 107 cm³/mol. The molecule has 1 aromatic heterocycles. The van der Waals surface area contributed by atoms with Crippen molar-refractivity contribution in [1.29, 1.82) is 0 Å². The van der Waals surface area contributed by atoms with E-state index in [-0.39, 0.29) is 21.7 Å². The van der Waals surface area contributed by atoms with Crippen LogP contribution in [0.5, 0.6) is 5.75 Å². The smallest absolute Gasteiger partial charge is 0.255 e. The highest BCUT2D eigenvalue weighted by atomic mass is 35.5. The van der Waals surface area contributed by atoms with Crippen molar-refractivity contribution in [2.24, 2.45) is 0 Å². The lowest BCUT2D eigenvalue weighted by Crippen LogP contribution is -2.11. The Bertz CT molecular complexity index is 964. The molecular formula is C19H16Cl2N4O2. The molecule has 0 fully saturated rings. The number of carbonyl (C=O) groups is 1. The van der Waals surface area contributed by atoms with Crippen LogP contribution in [0.2, 0.25) is 10.0 Å². The summed E-state index contributed by atoms with van der Waals surface area (Å²) in [5, 5.41) is 15.5. The fourth-order valence-corrected chi connectivity index (χ4v) is 2.94. The maximum Gasteiger partial charge on any atom is 0.255 e. The van der Waals surface area contributed by atoms with E-state index in [0.717, 1.165) is 17.1 Å². The van der Waals surface area contributed by atoms with Crippen molar-refractivity contribution >= 4 is 46.4 Å². The fourth-order valence-electron chi connectivity index (χ4n) is 2.46. The van der Waals surface area contributed by atoms with Crippen molar-refractivity contribution in [3.8, 4) is 5.75 Å². The summed E-state index contributed by atoms with van der Waals surface area (Å²) < 4.78 is 0. The standard InChI is InChI=1S/C19H16Cl2N4O2/c1-10-7-11(2)23-19(22-10)25-13-5-3-12(4-6-13)18(27)24-14-8-15(20)17(26)16(21)9-14/h3-9,26H,1-2H3,(H,24,27)(H,22,23,25). The minimum absolute atomic E-state index is 0.0609. The fraction of sp³-hybridized carbons (Fsp3) is 0.105. The highest BCUT2D eigenvalue weighted by Crippen LogP contribution is 2.34. The van der Waals surface area contributed by atoms with Gasteiger partial charge >= 0.3 is 0 Å². The van der Waals surface area contributed by atoms with E-state index < -0.39 is 0 Å². The molecule has 0 spiro atoms. The average Bonchev–Trinajstić information content (AvgIpc) is 2.59. The zero-order valence-electron chi connectivity index (χ0n) is 14.5. The third-order valence-corrected chi connectivity index (χ3v) is 4.24. The molecule has 3 aromatic rings. The number of benzene rings is 2. The van der Waals surface area contributed by atoms with Gasteiger partial charge in [-0.1, -0.05) is 23.2 Å². The molecule has 3 rings (SSSR count). The van der Waals surface area contributed by atoms with E-state index in [4.69, 9.17) is 23.2 Å². The summed E-state index contributed by atoms with van der Waals surface area (Å²) >= 11 is 11.7. The quantitative estimate of drug-likeness (QED) is 0.528. The topological polar surface area (TPSA) is 87.1 Å². The first kappa shape index (κ1) is 18.9. The Morgan fingerprint density at radius 2 is 1.48 bits per heavy atom. The highest BCUT2D eigenvalue weighted by Gasteiger charge is 2.11. The van der Waals surface area contributed by atoms with Gasteiger partial charge in [0.15, 0.2) is 5.75 Å². The van der Waals surface area contributed by atoms with Gasteiger partial charge in [0.05, 0.1) is 10.0 Å². The minimum atomic E-state index is -0.331. The van der Waals surface area contributed by atoms with E-state index in [9.17, 15) is 9.90 Å². The molecule has 0 aliphatic heterocycles. The Morgan fingerprint density at radius 1 is 0.926 bits per heavy atom. The van der Waals surface area contributed by atoms with Crippen LogP contribution in [-0.4, -0.2) is 21.0 Å². The Hall–Kier alpha value is -2.83. The van der Waals surface area contributed by atoms with Gasteiger partial charge in [0.25, 0.3) is 5.91 Å². The number of aromatic hydroxyl groups is 1. The lowest BCUT2D eigenvalue weighted by molar-refractivity contribution is 0.102. The number of aryl methyl sites for hydroxylation is 2. The number of nitrogens with one attached hydrogen (secondary N) is 2. The lowest BCUT2D eigenvalue weighted by atomic mass is 10.2. The van der Waals surface area contributed by atoms with Crippen molar-refractivity contribution in [3.63, 3.8) is 0 Å². The molecule has 0 atom stereocenters. The van der Waals surface area contributed by atoms with Crippen LogP contribution >= 0.6 is 23.2 Å². The lowest BCUT2D eigenvalue weighted by Gasteiger charge is -2.09. The zero-order chi connectivity index (χ0) is 19.6. The molecule has 0 saturated carbocycles. The second-order valence-corrected chi connectivity index (χ2v) is 6.73. The Balaban J connectivity index is 1.72. The number of anilines is 3. The number of amides is 1. The van der Waals surface area contributed by atoms with Crippen LogP contribution in [0, 0.1) is 13.8 Å². The van der Waals surface area contributed by atoms with Crippen molar-refractivity contribution in [2.75, 3.05) is 10.6 Å². The summed E-state index contributed by atoms with van der Waals surface area (Å²) in [6, 6.07) is 11.6. The molecule has 8 heteroatoms. The summed E-state index contributed by atoms with van der Waals surface area (Å²) in [4.78, 5) is 21.0. The molecule has 0 saturated heterocycles. The van der Waals surface area contributed by atoms with Gasteiger partial charge in [0.2, 0.25) is 5.95 Å². The normalized spacial score (nSPS) is 10.5. The highest BCUT2D eigenvalue weighted by molar-refractivity contribution is 6.37. The van der Waals surface area contributed by atoms with Crippen LogP contribution in [0.3, 0.4) is 0 Å². The molecule has 0 bridgehead atoms. The van der Waals surface area contributed by atoms with Crippen LogP contribution in [-0.2, 0) is 0 Å². The number of hydrogen-bond donors (Lipinski definition) is 3. The van der Waals surface area contributed by atoms with Gasteiger partial charge < -0.3 is 15.7 Å². The second-order valence-electron chi connectivity index (χ2n) is 5.92. The van der Waals surface area contributed by atoms with Crippen LogP contribution in [0.15, 0.2) is 42.5 Å². The Morgan fingerprint density at radius 3 is 2.04 bits per heavy atom. The van der Waals surface area contributed by atoms with Gasteiger partial charge in [-0.2, -0.15) is 0 Å². The Kier molecular flexibility index (Phi) is 5.48. The van der Waals surface area contributed by atoms with E-state index in [1.54, 1.807) is 24.3 Å². The average molecular weight is 403 g/mol. The first-order valence-corrected chi connectivity index (χ1v) is 8.76. The van der Waals surface area contributed by atoms with E-state index in [2.05, 4.69) is 20.6 Å². The van der Waals surface area contributed by atoms with E-state index in [1.807, 2.05) is 19.9 Å². The van der Waals surface area contributed by atoms with Crippen LogP contribution < -0.4 is 10.6 Å². The van der Waals surface area contributed by atoms with Crippen molar-refractivity contribution in [3.05, 3.63) is 69.5 Å². The van der Waals surface area contributed by atoms with Crippen LogP contribution in [0.4, 0.5) is 17.3 Å². The number of aromatic nitrogens is 2. The first-order chi connectivity index (χ1) is 12.8. The van der Waals surface area contributed by atoms with E-state index in [1.165, 1.54) is 12.1 Å². The predicted octanol–water partition coefficient (Wildman–Crippen LogP) is 5.10. The van der Waals surface area contributed by atoms with Crippen molar-refractivity contribution < 1.29 is 9.90 Å². The molecule has 2 aromatic carbocycles. The molecule has 0 aliphatic rings. The molecule has 6 nitrogen and oxygen atoms in total. The third-order valence-electron chi connectivity index (χ3n) is 3.66. The molecule has 0 aliphatic carbocycles. The van der Waals surface area contributed by atoms with Gasteiger partial charge in [-0.3, -0.25) is 4.79 Å². The van der Waals surface area contributed by atoms with Crippen LogP contribution in [0.1, 0.15) is 21.7 Å². The molecule has 0 radical (unpaired) electrons. The van der Waals surface area contributed by atoms with E-state index in [0.29, 0.717) is 17.2 Å². The van der Waals surface area contributed by atoms with Gasteiger partial charge in [-0.05, 0) is 56.3 Å². The van der Waals surface area contributed by atoms with Crippen LogP contribution in [0.25, 0.3) is 0 Å². The maximum atomic E-state index is 12.4. The van der Waals surface area contributed by atoms with Gasteiger partial charge in [0, 0.05) is 28.3 Å². The van der Waals surface area contributed by atoms with Gasteiger partial charge in [-0.15, -0.1) is 0 Å². The summed E-state index contributed by atoms with van der Waals surface area (Å²) in [5.41, 5.74) is 3.33. The second kappa shape index (κ2) is 7.82. The Labute approximate surface area is 166 Å². The molecule has 1 heterocycles. The number of rotatable bonds is 4. The van der Waals surface area contributed by atoms with E-state index >= 15 is 0 Å². The largest absolute Gasteiger partial charge is 0.505 e. The number of halogens is 2. The number of hydrogen-bond acceptors (Lipinski definition) is 5. The zero-order valence-corrected chi connectivity index (χ0v) is 16.1. The molecule has 1 amide bonds. The minimum Gasteiger partial charge on any atom is -0.505 e. The number of phenolic OH excluding ortho intramolecular Hbond substituents is 1. The van der Waals surface area contributed by atoms with Crippen molar-refractivity contribution in [2.45, 2.75) is 13.8 Å². The molecular weight excluding hydrogens is 387 g/mol. The summed E-state index contributed by atoms with van der Waals surface area (Å²) in [6.07, 6.45) is 0. The number of phenols is 1. The van der Waals surface area contributed by atoms with Gasteiger partial charge in [-0.25, -0.2) is 9.97 Å². The summed E-state index contributed by atoms with van der Waals surface area (Å²) in [5.74, 6) is -0.0551. The summed E-state index contributed by atoms with van der Waals surface area (Å²) in [6.45, 7) is 3.80. The SMILES string of the molecule is Cc1cc(C)nc(Nc2ccc(C(=O)Nc3cc(Cl)c(O)c(Cl)c3)cc2)n1. The van der Waals surface area contributed by atoms with Crippen molar-refractivity contribution in [1.82, 2.24) is 9.97 Å². The molecule has 27 heavy (non-hydrogen) atoms. The maximum absolute atomic E-state index is 12.4. The number of nitrogens with zero attached hydrogens (tertiary/aromatic N) is 2. The number of carbonyl (C=O) groups excluding carboxylic acids is 1. The molecule has 0 unspecified atom stereocenters. The molecule has 138 valence electrons. The first-order valence-electron chi connectivity index (χ1n) is 8.00. The monoisotopic (exact) mass is 402 g/mol. The summed E-state index contributed by atoms with van der Waals surface area (Å²) in [7, 11) is 0.